The molecule has 0 N–H and O–H groups in total. The molecule has 0 spiro atoms. The number of rotatable bonds is 50. The smallest absolute Gasteiger partial charge is 0.306 e. The van der Waals surface area contributed by atoms with E-state index in [1.54, 1.807) is 0 Å². The number of unbranched alkanes of at least 4 members (excludes halogenated alkanes) is 27. The van der Waals surface area contributed by atoms with Crippen molar-refractivity contribution in [1.82, 2.24) is 0 Å². The lowest BCUT2D eigenvalue weighted by Crippen LogP contribution is -2.30. The Morgan fingerprint density at radius 3 is 0.986 bits per heavy atom. The number of carbonyl (C=O) groups excluding carboxylic acids is 3. The zero-order chi connectivity index (χ0) is 50.0. The van der Waals surface area contributed by atoms with Crippen LogP contribution in [0.15, 0.2) is 109 Å². The van der Waals surface area contributed by atoms with Gasteiger partial charge in [-0.05, 0) is 83.5 Å². The summed E-state index contributed by atoms with van der Waals surface area (Å²) < 4.78 is 16.8. The lowest BCUT2D eigenvalue weighted by Gasteiger charge is -2.18. The number of carbonyl (C=O) groups is 3. The molecule has 0 saturated carbocycles. The monoisotopic (exact) mass is 957 g/mol. The molecule has 0 heterocycles. The summed E-state index contributed by atoms with van der Waals surface area (Å²) in [6, 6.07) is 0. The summed E-state index contributed by atoms with van der Waals surface area (Å²) in [4.78, 5) is 38.2. The van der Waals surface area contributed by atoms with Crippen molar-refractivity contribution in [3.05, 3.63) is 109 Å². The van der Waals surface area contributed by atoms with Crippen molar-refractivity contribution in [2.24, 2.45) is 0 Å². The fourth-order valence-corrected chi connectivity index (χ4v) is 7.64. The molecule has 6 heteroatoms. The molecule has 1 atom stereocenters. The Morgan fingerprint density at radius 2 is 0.609 bits per heavy atom. The van der Waals surface area contributed by atoms with Crippen LogP contribution in [0.1, 0.15) is 252 Å². The van der Waals surface area contributed by atoms with Crippen molar-refractivity contribution in [1.29, 1.82) is 0 Å². The molecule has 0 fully saturated rings. The Kier molecular flexibility index (Phi) is 53.4. The molecule has 6 nitrogen and oxygen atoms in total. The second-order valence-corrected chi connectivity index (χ2v) is 18.6. The first kappa shape index (κ1) is 65.1. The molecule has 0 rings (SSSR count). The lowest BCUT2D eigenvalue weighted by molar-refractivity contribution is -0.167. The zero-order valence-corrected chi connectivity index (χ0v) is 44.8. The minimum atomic E-state index is -0.801. The van der Waals surface area contributed by atoms with E-state index in [0.29, 0.717) is 19.3 Å². The quantitative estimate of drug-likeness (QED) is 0.0199. The van der Waals surface area contributed by atoms with E-state index in [2.05, 4.69) is 106 Å². The van der Waals surface area contributed by atoms with Gasteiger partial charge in [0.25, 0.3) is 0 Å². The molecule has 0 bridgehead atoms. The van der Waals surface area contributed by atoms with Gasteiger partial charge in [0.05, 0.1) is 0 Å². The predicted molar refractivity (Wildman–Crippen MR) is 297 cm³/mol. The van der Waals surface area contributed by atoms with Gasteiger partial charge in [0.1, 0.15) is 13.2 Å². The molecule has 0 aromatic heterocycles. The Morgan fingerprint density at radius 1 is 0.304 bits per heavy atom. The van der Waals surface area contributed by atoms with Crippen LogP contribution < -0.4 is 0 Å². The summed E-state index contributed by atoms with van der Waals surface area (Å²) in [5.74, 6) is -0.942. The van der Waals surface area contributed by atoms with Crippen LogP contribution in [0, 0.1) is 0 Å². The number of esters is 3. The predicted octanol–water partition coefficient (Wildman–Crippen LogP) is 19.1. The number of hydrogen-bond acceptors (Lipinski definition) is 6. The molecule has 0 aromatic rings. The second-order valence-electron chi connectivity index (χ2n) is 18.6. The van der Waals surface area contributed by atoms with Crippen molar-refractivity contribution in [3.8, 4) is 0 Å². The van der Waals surface area contributed by atoms with Crippen LogP contribution in [0.3, 0.4) is 0 Å². The molecule has 0 aliphatic carbocycles. The standard InChI is InChI=1S/C63H104O6/c1-4-7-10-13-16-19-22-25-28-30-32-35-38-41-44-47-50-53-56-62(65)68-59-60(58-67-61(64)55-52-49-46-43-40-37-34-27-24-21-18-15-12-9-6-3)69-63(66)57-54-51-48-45-42-39-36-33-31-29-26-23-20-17-14-11-8-5-2/h9-10,12-13,15-16,18-19,21-22,24-25,28,30,32-33,35-36,60H,4-8,11,14,17,20,23,26-27,29,31,34,37-59H2,1-3H3/b12-9-,13-10-,18-15-,19-16-,24-21-,25-22-,30-28-,35-32-,36-33-. The average Bonchev–Trinajstić information content (AvgIpc) is 3.35. The highest BCUT2D eigenvalue weighted by molar-refractivity contribution is 5.71. The van der Waals surface area contributed by atoms with Crippen molar-refractivity contribution in [3.63, 3.8) is 0 Å². The van der Waals surface area contributed by atoms with Crippen LogP contribution in [-0.4, -0.2) is 37.2 Å². The van der Waals surface area contributed by atoms with Gasteiger partial charge in [-0.25, -0.2) is 0 Å². The summed E-state index contributed by atoms with van der Waals surface area (Å²) >= 11 is 0. The van der Waals surface area contributed by atoms with Gasteiger partial charge in [-0.3, -0.25) is 14.4 Å². The van der Waals surface area contributed by atoms with E-state index in [0.717, 1.165) is 109 Å². The van der Waals surface area contributed by atoms with Gasteiger partial charge in [0.15, 0.2) is 6.10 Å². The van der Waals surface area contributed by atoms with E-state index in [1.165, 1.54) is 103 Å². The van der Waals surface area contributed by atoms with E-state index in [4.69, 9.17) is 14.2 Å². The molecule has 0 aliphatic rings. The van der Waals surface area contributed by atoms with Gasteiger partial charge in [-0.1, -0.05) is 259 Å². The van der Waals surface area contributed by atoms with E-state index in [9.17, 15) is 14.4 Å². The summed E-state index contributed by atoms with van der Waals surface area (Å²) in [5, 5.41) is 0. The van der Waals surface area contributed by atoms with E-state index in [1.807, 2.05) is 24.3 Å². The highest BCUT2D eigenvalue weighted by Gasteiger charge is 2.19. The maximum Gasteiger partial charge on any atom is 0.306 e. The fourth-order valence-electron chi connectivity index (χ4n) is 7.64. The highest BCUT2D eigenvalue weighted by atomic mass is 16.6. The van der Waals surface area contributed by atoms with Gasteiger partial charge in [0, 0.05) is 19.3 Å². The third-order valence-electron chi connectivity index (χ3n) is 11.9. The Bertz CT molecular complexity index is 1420. The van der Waals surface area contributed by atoms with Crippen LogP contribution in [0.5, 0.6) is 0 Å². The summed E-state index contributed by atoms with van der Waals surface area (Å²) in [5.41, 5.74) is 0. The molecule has 0 amide bonds. The molecular weight excluding hydrogens is 853 g/mol. The van der Waals surface area contributed by atoms with Crippen molar-refractivity contribution in [2.75, 3.05) is 13.2 Å². The summed E-state index contributed by atoms with van der Waals surface area (Å²) in [7, 11) is 0. The van der Waals surface area contributed by atoms with Gasteiger partial charge in [0.2, 0.25) is 0 Å². The first-order chi connectivity index (χ1) is 34.0. The van der Waals surface area contributed by atoms with E-state index >= 15 is 0 Å². The first-order valence-corrected chi connectivity index (χ1v) is 28.5. The number of ether oxygens (including phenoxy) is 3. The molecule has 0 aliphatic heterocycles. The second kappa shape index (κ2) is 56.7. The Labute approximate surface area is 425 Å². The third-order valence-corrected chi connectivity index (χ3v) is 11.9. The van der Waals surface area contributed by atoms with Gasteiger partial charge in [-0.2, -0.15) is 0 Å². The fraction of sp³-hybridized carbons (Fsp3) is 0.667. The Hall–Kier alpha value is -3.93. The van der Waals surface area contributed by atoms with Gasteiger partial charge >= 0.3 is 17.9 Å². The maximum atomic E-state index is 12.9. The SMILES string of the molecule is CC\C=C/C=C\C=C/CCCCCCCCCC(=O)OCC(COC(=O)CCCCCCC\C=C/C=C\C=C/C=C\C=C/CCC)OC(=O)CCCCCCC/C=C\CCCCCCCCCCC. The molecule has 0 saturated heterocycles. The van der Waals surface area contributed by atoms with Crippen LogP contribution in [0.4, 0.5) is 0 Å². The van der Waals surface area contributed by atoms with Crippen LogP contribution in [0.2, 0.25) is 0 Å². The van der Waals surface area contributed by atoms with Crippen LogP contribution in [0.25, 0.3) is 0 Å². The average molecular weight is 958 g/mol. The van der Waals surface area contributed by atoms with Gasteiger partial charge in [-0.15, -0.1) is 0 Å². The topological polar surface area (TPSA) is 78.9 Å². The normalized spacial score (nSPS) is 12.9. The first-order valence-electron chi connectivity index (χ1n) is 28.5. The minimum absolute atomic E-state index is 0.0978. The zero-order valence-electron chi connectivity index (χ0n) is 44.8. The van der Waals surface area contributed by atoms with Crippen molar-refractivity contribution < 1.29 is 28.6 Å². The van der Waals surface area contributed by atoms with E-state index in [-0.39, 0.29) is 31.1 Å². The highest BCUT2D eigenvalue weighted by Crippen LogP contribution is 2.15. The maximum absolute atomic E-state index is 12.9. The molecule has 0 aromatic carbocycles. The summed E-state index contributed by atoms with van der Waals surface area (Å²) in [6.07, 6.45) is 76.4. The number of hydrogen-bond donors (Lipinski definition) is 0. The minimum Gasteiger partial charge on any atom is -0.462 e. The van der Waals surface area contributed by atoms with Crippen molar-refractivity contribution in [2.45, 2.75) is 258 Å². The lowest BCUT2D eigenvalue weighted by atomic mass is 10.1. The van der Waals surface area contributed by atoms with E-state index < -0.39 is 6.10 Å². The van der Waals surface area contributed by atoms with Crippen LogP contribution in [-0.2, 0) is 28.6 Å². The third kappa shape index (κ3) is 54.9. The molecule has 392 valence electrons. The Balaban J connectivity index is 4.48. The number of allylic oxidation sites excluding steroid dienone is 18. The van der Waals surface area contributed by atoms with Gasteiger partial charge < -0.3 is 14.2 Å². The molecular formula is C63H104O6. The van der Waals surface area contributed by atoms with Crippen molar-refractivity contribution >= 4 is 17.9 Å². The molecule has 69 heavy (non-hydrogen) atoms. The molecule has 0 radical (unpaired) electrons. The summed E-state index contributed by atoms with van der Waals surface area (Å²) in [6.45, 7) is 6.39. The van der Waals surface area contributed by atoms with Crippen LogP contribution >= 0.6 is 0 Å². The molecule has 1 unspecified atom stereocenters. The largest absolute Gasteiger partial charge is 0.462 e.